The molecule has 0 saturated carbocycles. The number of hydrogen-bond donors (Lipinski definition) is 0. The SMILES string of the molecule is Cc1cc(C(=O)C2CCCc3ccccc32)sc1C. The quantitative estimate of drug-likeness (QED) is 0.725. The van der Waals surface area contributed by atoms with Gasteiger partial charge in [-0.1, -0.05) is 24.3 Å². The third-order valence-electron chi connectivity index (χ3n) is 4.09. The second-order valence-electron chi connectivity index (χ2n) is 5.36. The zero-order chi connectivity index (χ0) is 13.4. The molecule has 0 bridgehead atoms. The molecule has 0 radical (unpaired) electrons. The highest BCUT2D eigenvalue weighted by Gasteiger charge is 2.27. The zero-order valence-corrected chi connectivity index (χ0v) is 12.2. The van der Waals surface area contributed by atoms with Crippen LogP contribution in [-0.4, -0.2) is 5.78 Å². The number of aryl methyl sites for hydroxylation is 3. The number of Topliss-reactive ketones (excluding diaryl/α,β-unsaturated/α-hetero) is 1. The summed E-state index contributed by atoms with van der Waals surface area (Å²) in [5.74, 6) is 0.385. The predicted octanol–water partition coefficient (Wildman–Crippen LogP) is 4.67. The van der Waals surface area contributed by atoms with Crippen LogP contribution in [0.25, 0.3) is 0 Å². The van der Waals surface area contributed by atoms with Gasteiger partial charge in [0.2, 0.25) is 0 Å². The van der Waals surface area contributed by atoms with Crippen molar-refractivity contribution in [2.24, 2.45) is 0 Å². The minimum Gasteiger partial charge on any atom is -0.293 e. The van der Waals surface area contributed by atoms with Crippen LogP contribution >= 0.6 is 11.3 Å². The third kappa shape index (κ3) is 2.25. The Balaban J connectivity index is 1.97. The maximum atomic E-state index is 12.7. The summed E-state index contributed by atoms with van der Waals surface area (Å²) in [5, 5.41) is 0. The molecular formula is C17H18OS. The average Bonchev–Trinajstić information content (AvgIpc) is 2.77. The minimum absolute atomic E-state index is 0.0717. The van der Waals surface area contributed by atoms with Crippen LogP contribution in [0.5, 0.6) is 0 Å². The molecule has 1 unspecified atom stereocenters. The van der Waals surface area contributed by atoms with E-state index >= 15 is 0 Å². The van der Waals surface area contributed by atoms with Gasteiger partial charge in [0, 0.05) is 10.8 Å². The van der Waals surface area contributed by atoms with Gasteiger partial charge in [-0.05, 0) is 55.9 Å². The van der Waals surface area contributed by atoms with Gasteiger partial charge in [-0.25, -0.2) is 0 Å². The maximum Gasteiger partial charge on any atom is 0.180 e. The number of fused-ring (bicyclic) bond motifs is 1. The van der Waals surface area contributed by atoms with Gasteiger partial charge in [-0.3, -0.25) is 4.79 Å². The fourth-order valence-electron chi connectivity index (χ4n) is 2.89. The van der Waals surface area contributed by atoms with E-state index in [0.717, 1.165) is 24.1 Å². The lowest BCUT2D eigenvalue weighted by Gasteiger charge is -2.23. The third-order valence-corrected chi connectivity index (χ3v) is 5.26. The predicted molar refractivity (Wildman–Crippen MR) is 80.2 cm³/mol. The van der Waals surface area contributed by atoms with Crippen LogP contribution in [0.4, 0.5) is 0 Å². The molecule has 1 aromatic carbocycles. The lowest BCUT2D eigenvalue weighted by Crippen LogP contribution is -2.17. The first-order valence-electron chi connectivity index (χ1n) is 6.86. The van der Waals surface area contributed by atoms with E-state index in [-0.39, 0.29) is 5.92 Å². The number of carbonyl (C=O) groups is 1. The van der Waals surface area contributed by atoms with Gasteiger partial charge >= 0.3 is 0 Å². The zero-order valence-electron chi connectivity index (χ0n) is 11.4. The standard InChI is InChI=1S/C17H18OS/c1-11-10-16(19-12(11)2)17(18)15-9-5-7-13-6-3-4-8-14(13)15/h3-4,6,8,10,15H,5,7,9H2,1-2H3. The number of rotatable bonds is 2. The summed E-state index contributed by atoms with van der Waals surface area (Å²) in [7, 11) is 0. The van der Waals surface area contributed by atoms with Crippen LogP contribution in [0.3, 0.4) is 0 Å². The van der Waals surface area contributed by atoms with Crippen LogP contribution in [0.15, 0.2) is 30.3 Å². The Morgan fingerprint density at radius 3 is 2.79 bits per heavy atom. The van der Waals surface area contributed by atoms with Crippen LogP contribution in [0.1, 0.15) is 50.0 Å². The summed E-state index contributed by atoms with van der Waals surface area (Å²) in [4.78, 5) is 14.9. The largest absolute Gasteiger partial charge is 0.293 e. The van der Waals surface area contributed by atoms with Crippen molar-refractivity contribution in [2.45, 2.75) is 39.0 Å². The average molecular weight is 270 g/mol. The van der Waals surface area contributed by atoms with Gasteiger partial charge in [-0.2, -0.15) is 0 Å². The molecule has 1 nitrogen and oxygen atoms in total. The van der Waals surface area contributed by atoms with Crippen molar-refractivity contribution in [3.63, 3.8) is 0 Å². The summed E-state index contributed by atoms with van der Waals surface area (Å²) < 4.78 is 0. The summed E-state index contributed by atoms with van der Waals surface area (Å²) in [6, 6.07) is 10.5. The molecule has 1 aliphatic carbocycles. The molecule has 2 aromatic rings. The van der Waals surface area contributed by atoms with Gasteiger partial charge in [0.1, 0.15) is 0 Å². The highest BCUT2D eigenvalue weighted by atomic mass is 32.1. The Morgan fingerprint density at radius 2 is 2.05 bits per heavy atom. The fraction of sp³-hybridized carbons (Fsp3) is 0.353. The molecule has 19 heavy (non-hydrogen) atoms. The van der Waals surface area contributed by atoms with Crippen molar-refractivity contribution in [3.8, 4) is 0 Å². The molecule has 2 heteroatoms. The number of ketones is 1. The summed E-state index contributed by atoms with van der Waals surface area (Å²) in [6.07, 6.45) is 3.23. The Bertz CT molecular complexity index is 604. The lowest BCUT2D eigenvalue weighted by molar-refractivity contribution is 0.0955. The van der Waals surface area contributed by atoms with Gasteiger partial charge in [-0.15, -0.1) is 11.3 Å². The number of thiophene rings is 1. The molecule has 1 aromatic heterocycles. The Labute approximate surface area is 118 Å². The van der Waals surface area contributed by atoms with Crippen LogP contribution in [-0.2, 0) is 6.42 Å². The molecule has 0 saturated heterocycles. The van der Waals surface area contributed by atoms with E-state index in [2.05, 4.69) is 44.2 Å². The molecule has 1 aliphatic rings. The summed E-state index contributed by atoms with van der Waals surface area (Å²) in [5.41, 5.74) is 3.84. The van der Waals surface area contributed by atoms with Gasteiger partial charge in [0.05, 0.1) is 4.88 Å². The van der Waals surface area contributed by atoms with Crippen LogP contribution in [0.2, 0.25) is 0 Å². The molecule has 1 atom stereocenters. The van der Waals surface area contributed by atoms with Crippen molar-refractivity contribution in [1.82, 2.24) is 0 Å². The van der Waals surface area contributed by atoms with Crippen molar-refractivity contribution >= 4 is 17.1 Å². The minimum atomic E-state index is 0.0717. The molecule has 0 N–H and O–H groups in total. The second kappa shape index (κ2) is 4.93. The van der Waals surface area contributed by atoms with Crippen molar-refractivity contribution in [2.75, 3.05) is 0 Å². The fourth-order valence-corrected chi connectivity index (χ4v) is 3.92. The van der Waals surface area contributed by atoms with Crippen molar-refractivity contribution < 1.29 is 4.79 Å². The normalized spacial score (nSPS) is 18.1. The molecule has 1 heterocycles. The highest BCUT2D eigenvalue weighted by Crippen LogP contribution is 2.35. The van der Waals surface area contributed by atoms with Crippen LogP contribution in [0, 0.1) is 13.8 Å². The lowest BCUT2D eigenvalue weighted by atomic mass is 9.80. The van der Waals surface area contributed by atoms with Crippen molar-refractivity contribution in [3.05, 3.63) is 56.8 Å². The van der Waals surface area contributed by atoms with E-state index in [4.69, 9.17) is 0 Å². The molecule has 3 rings (SSSR count). The first kappa shape index (κ1) is 12.6. The highest BCUT2D eigenvalue weighted by molar-refractivity contribution is 7.14. The molecule has 0 amide bonds. The van der Waals surface area contributed by atoms with Gasteiger partial charge < -0.3 is 0 Å². The topological polar surface area (TPSA) is 17.1 Å². The Hall–Kier alpha value is -1.41. The van der Waals surface area contributed by atoms with E-state index in [0.29, 0.717) is 5.78 Å². The first-order chi connectivity index (χ1) is 9.16. The number of hydrogen-bond acceptors (Lipinski definition) is 2. The molecule has 98 valence electrons. The second-order valence-corrected chi connectivity index (χ2v) is 6.61. The van der Waals surface area contributed by atoms with Gasteiger partial charge in [0.25, 0.3) is 0 Å². The van der Waals surface area contributed by atoms with E-state index in [1.54, 1.807) is 11.3 Å². The first-order valence-corrected chi connectivity index (χ1v) is 7.67. The summed E-state index contributed by atoms with van der Waals surface area (Å²) in [6.45, 7) is 4.17. The molecular weight excluding hydrogens is 252 g/mol. The number of benzene rings is 1. The smallest absolute Gasteiger partial charge is 0.180 e. The molecule has 0 aliphatic heterocycles. The molecule has 0 fully saturated rings. The van der Waals surface area contributed by atoms with Gasteiger partial charge in [0.15, 0.2) is 5.78 Å². The summed E-state index contributed by atoms with van der Waals surface area (Å²) >= 11 is 1.64. The van der Waals surface area contributed by atoms with Crippen molar-refractivity contribution in [1.29, 1.82) is 0 Å². The number of carbonyl (C=O) groups excluding carboxylic acids is 1. The Kier molecular flexibility index (Phi) is 3.28. The van der Waals surface area contributed by atoms with Crippen LogP contribution < -0.4 is 0 Å². The van der Waals surface area contributed by atoms with E-state index in [9.17, 15) is 4.79 Å². The molecule has 0 spiro atoms. The monoisotopic (exact) mass is 270 g/mol. The Morgan fingerprint density at radius 1 is 1.26 bits per heavy atom. The van der Waals surface area contributed by atoms with E-state index < -0.39 is 0 Å². The van der Waals surface area contributed by atoms with E-state index in [1.165, 1.54) is 21.6 Å². The maximum absolute atomic E-state index is 12.7. The van der Waals surface area contributed by atoms with E-state index in [1.807, 2.05) is 0 Å².